The van der Waals surface area contributed by atoms with Gasteiger partial charge in [0.2, 0.25) is 0 Å². The van der Waals surface area contributed by atoms with Gasteiger partial charge < -0.3 is 5.43 Å². The van der Waals surface area contributed by atoms with E-state index in [1.807, 2.05) is 55.5 Å². The first-order valence-corrected chi connectivity index (χ1v) is 5.95. The van der Waals surface area contributed by atoms with Crippen molar-refractivity contribution in [3.8, 4) is 0 Å². The van der Waals surface area contributed by atoms with E-state index in [-0.39, 0.29) is 0 Å². The quantitative estimate of drug-likeness (QED) is 0.377. The second-order valence-electron chi connectivity index (χ2n) is 3.90. The SMILES string of the molecule is Cc1cc(Cl)ccc1C(=Nc1ccccc1)NN. The minimum Gasteiger partial charge on any atom is -0.308 e. The monoisotopic (exact) mass is 259 g/mol. The van der Waals surface area contributed by atoms with Crippen LogP contribution in [0.1, 0.15) is 11.1 Å². The number of aryl methyl sites for hydroxylation is 1. The van der Waals surface area contributed by atoms with E-state index >= 15 is 0 Å². The van der Waals surface area contributed by atoms with Gasteiger partial charge in [0.15, 0.2) is 0 Å². The molecule has 0 amide bonds. The van der Waals surface area contributed by atoms with Crippen molar-refractivity contribution in [3.05, 3.63) is 64.7 Å². The number of nitrogens with zero attached hydrogens (tertiary/aromatic N) is 1. The van der Waals surface area contributed by atoms with Crippen molar-refractivity contribution >= 4 is 23.1 Å². The molecule has 0 aliphatic rings. The fraction of sp³-hybridized carbons (Fsp3) is 0.0714. The van der Waals surface area contributed by atoms with Gasteiger partial charge in [0, 0.05) is 10.6 Å². The summed E-state index contributed by atoms with van der Waals surface area (Å²) in [7, 11) is 0. The molecule has 0 aliphatic heterocycles. The normalized spacial score (nSPS) is 11.4. The molecule has 0 aliphatic carbocycles. The zero-order chi connectivity index (χ0) is 13.0. The Morgan fingerprint density at radius 3 is 2.50 bits per heavy atom. The molecule has 18 heavy (non-hydrogen) atoms. The molecule has 2 rings (SSSR count). The summed E-state index contributed by atoms with van der Waals surface area (Å²) < 4.78 is 0. The van der Waals surface area contributed by atoms with Crippen LogP contribution in [0, 0.1) is 6.92 Å². The molecule has 0 aromatic heterocycles. The van der Waals surface area contributed by atoms with Crippen molar-refractivity contribution in [1.29, 1.82) is 0 Å². The standard InChI is InChI=1S/C14H14ClN3/c1-10-9-11(15)7-8-13(10)14(18-16)17-12-5-3-2-4-6-12/h2-9H,16H2,1H3,(H,17,18). The van der Waals surface area contributed by atoms with E-state index in [0.29, 0.717) is 10.9 Å². The topological polar surface area (TPSA) is 50.4 Å². The number of para-hydroxylation sites is 1. The number of aliphatic imine (C=N–C) groups is 1. The lowest BCUT2D eigenvalue weighted by molar-refractivity contribution is 1.02. The third-order valence-corrected chi connectivity index (χ3v) is 2.81. The number of hydrazine groups is 1. The number of hydrogen-bond donors (Lipinski definition) is 2. The van der Waals surface area contributed by atoms with E-state index in [4.69, 9.17) is 17.4 Å². The summed E-state index contributed by atoms with van der Waals surface area (Å²) in [6.07, 6.45) is 0. The Morgan fingerprint density at radius 1 is 1.17 bits per heavy atom. The Hall–Kier alpha value is -1.84. The maximum absolute atomic E-state index is 5.93. The number of rotatable bonds is 2. The Kier molecular flexibility index (Phi) is 3.97. The molecule has 0 spiro atoms. The van der Waals surface area contributed by atoms with Gasteiger partial charge in [-0.15, -0.1) is 0 Å². The summed E-state index contributed by atoms with van der Waals surface area (Å²) in [5, 5.41) is 0.701. The van der Waals surface area contributed by atoms with Crippen molar-refractivity contribution in [2.24, 2.45) is 10.8 Å². The summed E-state index contributed by atoms with van der Waals surface area (Å²) in [6.45, 7) is 1.97. The van der Waals surface area contributed by atoms with Gasteiger partial charge in [-0.05, 0) is 42.8 Å². The van der Waals surface area contributed by atoms with Crippen LogP contribution in [-0.2, 0) is 0 Å². The number of nitrogens with one attached hydrogen (secondary N) is 1. The zero-order valence-electron chi connectivity index (χ0n) is 10.0. The van der Waals surface area contributed by atoms with Gasteiger partial charge in [0.05, 0.1) is 5.69 Å². The summed E-state index contributed by atoms with van der Waals surface area (Å²) in [4.78, 5) is 4.48. The first-order chi connectivity index (χ1) is 8.70. The van der Waals surface area contributed by atoms with Gasteiger partial charge in [0.1, 0.15) is 5.84 Å². The van der Waals surface area contributed by atoms with Crippen LogP contribution in [0.3, 0.4) is 0 Å². The number of amidine groups is 1. The second-order valence-corrected chi connectivity index (χ2v) is 4.34. The lowest BCUT2D eigenvalue weighted by Gasteiger charge is -2.09. The predicted octanol–water partition coefficient (Wildman–Crippen LogP) is 3.19. The maximum Gasteiger partial charge on any atom is 0.148 e. The smallest absolute Gasteiger partial charge is 0.148 e. The molecule has 0 unspecified atom stereocenters. The molecule has 0 saturated carbocycles. The van der Waals surface area contributed by atoms with E-state index in [9.17, 15) is 0 Å². The molecule has 3 nitrogen and oxygen atoms in total. The molecule has 3 N–H and O–H groups in total. The Labute approximate surface area is 111 Å². The summed E-state index contributed by atoms with van der Waals surface area (Å²) in [5.74, 6) is 6.17. The summed E-state index contributed by atoms with van der Waals surface area (Å²) in [6, 6.07) is 15.3. The highest BCUT2D eigenvalue weighted by molar-refractivity contribution is 6.30. The first-order valence-electron chi connectivity index (χ1n) is 5.57. The molecule has 0 heterocycles. The Bertz CT molecular complexity index is 565. The van der Waals surface area contributed by atoms with Crippen LogP contribution >= 0.6 is 11.6 Å². The molecule has 2 aromatic rings. The highest BCUT2D eigenvalue weighted by Crippen LogP contribution is 2.17. The van der Waals surface area contributed by atoms with Gasteiger partial charge in [-0.1, -0.05) is 29.8 Å². The van der Waals surface area contributed by atoms with Crippen molar-refractivity contribution in [1.82, 2.24) is 5.43 Å². The van der Waals surface area contributed by atoms with E-state index < -0.39 is 0 Å². The van der Waals surface area contributed by atoms with Crippen molar-refractivity contribution < 1.29 is 0 Å². The van der Waals surface area contributed by atoms with Crippen molar-refractivity contribution in [3.63, 3.8) is 0 Å². The Morgan fingerprint density at radius 2 is 1.89 bits per heavy atom. The van der Waals surface area contributed by atoms with Crippen molar-refractivity contribution in [2.75, 3.05) is 0 Å². The van der Waals surface area contributed by atoms with Crippen LogP contribution in [0.2, 0.25) is 5.02 Å². The minimum atomic E-state index is 0.621. The van der Waals surface area contributed by atoms with Crippen LogP contribution < -0.4 is 11.3 Å². The van der Waals surface area contributed by atoms with E-state index in [1.165, 1.54) is 0 Å². The van der Waals surface area contributed by atoms with Crippen molar-refractivity contribution in [2.45, 2.75) is 6.92 Å². The summed E-state index contributed by atoms with van der Waals surface area (Å²) >= 11 is 5.93. The fourth-order valence-electron chi connectivity index (χ4n) is 1.69. The van der Waals surface area contributed by atoms with Crippen LogP contribution in [0.5, 0.6) is 0 Å². The zero-order valence-corrected chi connectivity index (χ0v) is 10.8. The largest absolute Gasteiger partial charge is 0.308 e. The van der Waals surface area contributed by atoms with Crippen LogP contribution in [0.15, 0.2) is 53.5 Å². The van der Waals surface area contributed by atoms with Gasteiger partial charge in [0.25, 0.3) is 0 Å². The molecule has 2 aromatic carbocycles. The molecule has 0 bridgehead atoms. The van der Waals surface area contributed by atoms with Gasteiger partial charge in [-0.25, -0.2) is 10.8 Å². The second kappa shape index (κ2) is 5.67. The molecule has 0 radical (unpaired) electrons. The van der Waals surface area contributed by atoms with E-state index in [2.05, 4.69) is 10.4 Å². The van der Waals surface area contributed by atoms with E-state index in [1.54, 1.807) is 0 Å². The van der Waals surface area contributed by atoms with Gasteiger partial charge >= 0.3 is 0 Å². The molecule has 92 valence electrons. The molecule has 0 fully saturated rings. The van der Waals surface area contributed by atoms with Gasteiger partial charge in [-0.2, -0.15) is 0 Å². The van der Waals surface area contributed by atoms with Crippen LogP contribution in [-0.4, -0.2) is 5.84 Å². The Balaban J connectivity index is 2.42. The highest BCUT2D eigenvalue weighted by atomic mass is 35.5. The summed E-state index contributed by atoms with van der Waals surface area (Å²) in [5.41, 5.74) is 5.44. The molecular weight excluding hydrogens is 246 g/mol. The average molecular weight is 260 g/mol. The van der Waals surface area contributed by atoms with Crippen LogP contribution in [0.25, 0.3) is 0 Å². The average Bonchev–Trinajstić information content (AvgIpc) is 2.38. The van der Waals surface area contributed by atoms with Gasteiger partial charge in [-0.3, -0.25) is 0 Å². The predicted molar refractivity (Wildman–Crippen MR) is 76.2 cm³/mol. The number of halogens is 1. The number of hydrogen-bond acceptors (Lipinski definition) is 2. The maximum atomic E-state index is 5.93. The van der Waals surface area contributed by atoms with E-state index in [0.717, 1.165) is 16.8 Å². The van der Waals surface area contributed by atoms with Crippen LogP contribution in [0.4, 0.5) is 5.69 Å². The molecule has 0 saturated heterocycles. The highest BCUT2D eigenvalue weighted by Gasteiger charge is 2.06. The molecule has 0 atom stereocenters. The third-order valence-electron chi connectivity index (χ3n) is 2.58. The number of benzene rings is 2. The molecular formula is C14H14ClN3. The minimum absolute atomic E-state index is 0.621. The molecule has 4 heteroatoms. The fourth-order valence-corrected chi connectivity index (χ4v) is 1.92. The number of nitrogens with two attached hydrogens (primary N) is 1. The third kappa shape index (κ3) is 2.88. The lowest BCUT2D eigenvalue weighted by atomic mass is 10.1. The first kappa shape index (κ1) is 12.6. The lowest BCUT2D eigenvalue weighted by Crippen LogP contribution is -2.31.